The summed E-state index contributed by atoms with van der Waals surface area (Å²) in [6, 6.07) is 5.96. The van der Waals surface area contributed by atoms with Crippen LogP contribution in [0.3, 0.4) is 0 Å². The summed E-state index contributed by atoms with van der Waals surface area (Å²) < 4.78 is 16.3. The van der Waals surface area contributed by atoms with Gasteiger partial charge in [-0.25, -0.2) is 4.79 Å². The molecule has 1 aliphatic heterocycles. The number of thiophene rings is 1. The molecule has 1 atom stereocenters. The summed E-state index contributed by atoms with van der Waals surface area (Å²) in [5, 5.41) is 4.06. The molecule has 0 spiro atoms. The largest absolute Gasteiger partial charge is 0.493 e. The lowest BCUT2D eigenvalue weighted by Gasteiger charge is -2.40. The Kier molecular flexibility index (Phi) is 8.18. The number of methoxy groups -OCH3 is 2. The first-order valence-electron chi connectivity index (χ1n) is 12.3. The van der Waals surface area contributed by atoms with Gasteiger partial charge in [-0.15, -0.1) is 11.3 Å². The summed E-state index contributed by atoms with van der Waals surface area (Å²) >= 11 is 1.71. The van der Waals surface area contributed by atoms with Crippen LogP contribution >= 0.6 is 11.3 Å². The first-order valence-corrected chi connectivity index (χ1v) is 13.1. The minimum absolute atomic E-state index is 0.0666. The van der Waals surface area contributed by atoms with Gasteiger partial charge in [-0.3, -0.25) is 9.69 Å². The number of carbonyl (C=O) groups excluding carboxylic acids is 2. The molecule has 0 saturated carbocycles. The third-order valence-electron chi connectivity index (χ3n) is 6.70. The van der Waals surface area contributed by atoms with Gasteiger partial charge in [0.25, 0.3) is 0 Å². The van der Waals surface area contributed by atoms with E-state index in [-0.39, 0.29) is 18.0 Å². The van der Waals surface area contributed by atoms with E-state index >= 15 is 0 Å². The van der Waals surface area contributed by atoms with Crippen LogP contribution in [-0.4, -0.2) is 68.8 Å². The second-order valence-corrected chi connectivity index (χ2v) is 9.98. The topological polar surface area (TPSA) is 80.3 Å². The molecule has 1 saturated heterocycles. The minimum Gasteiger partial charge on any atom is -0.493 e. The minimum atomic E-state index is -0.262. The van der Waals surface area contributed by atoms with E-state index in [1.54, 1.807) is 37.4 Å². The third kappa shape index (κ3) is 5.41. The molecule has 9 heteroatoms. The monoisotopic (exact) mass is 501 g/mol. The highest BCUT2D eigenvalue weighted by Gasteiger charge is 2.35. The van der Waals surface area contributed by atoms with Crippen molar-refractivity contribution in [1.29, 1.82) is 0 Å². The number of carbonyl (C=O) groups is 2. The molecule has 2 aliphatic rings. The van der Waals surface area contributed by atoms with E-state index in [0.717, 1.165) is 29.8 Å². The van der Waals surface area contributed by atoms with Crippen LogP contribution < -0.4 is 14.8 Å². The van der Waals surface area contributed by atoms with E-state index in [2.05, 4.69) is 16.3 Å². The van der Waals surface area contributed by atoms with Crippen molar-refractivity contribution in [2.24, 2.45) is 0 Å². The Bertz CT molecular complexity index is 1060. The predicted octanol–water partition coefficient (Wildman–Crippen LogP) is 4.47. The van der Waals surface area contributed by atoms with Gasteiger partial charge in [-0.2, -0.15) is 0 Å². The van der Waals surface area contributed by atoms with Crippen molar-refractivity contribution >= 4 is 28.3 Å². The fourth-order valence-electron chi connectivity index (χ4n) is 5.09. The number of nitrogens with one attached hydrogen (secondary N) is 1. The van der Waals surface area contributed by atoms with Gasteiger partial charge in [0.2, 0.25) is 5.91 Å². The first-order chi connectivity index (χ1) is 17.0. The Morgan fingerprint density at radius 3 is 2.43 bits per heavy atom. The van der Waals surface area contributed by atoms with E-state index in [1.165, 1.54) is 22.4 Å². The summed E-state index contributed by atoms with van der Waals surface area (Å²) in [4.78, 5) is 30.0. The maximum Gasteiger partial charge on any atom is 0.409 e. The predicted molar refractivity (Wildman–Crippen MR) is 137 cm³/mol. The highest BCUT2D eigenvalue weighted by atomic mass is 32.1. The molecular formula is C26H35N3O5S. The van der Waals surface area contributed by atoms with Crippen LogP contribution in [0.4, 0.5) is 9.80 Å². The lowest BCUT2D eigenvalue weighted by Crippen LogP contribution is -2.50. The number of piperazine rings is 1. The summed E-state index contributed by atoms with van der Waals surface area (Å²) in [7, 11) is 3.28. The SMILES string of the molecule is CCOC(=O)N1CCN(C(c2ccc(OC)c(OC)c2)c2c(NC(C)=O)sc3c2CCCC3)CC1. The number of rotatable bonds is 7. The second kappa shape index (κ2) is 11.3. The van der Waals surface area contributed by atoms with Gasteiger partial charge in [-0.05, 0) is 55.9 Å². The van der Waals surface area contributed by atoms with Crippen molar-refractivity contribution in [2.75, 3.05) is 52.3 Å². The maximum absolute atomic E-state index is 12.3. The summed E-state index contributed by atoms with van der Waals surface area (Å²) in [6.45, 7) is 6.32. The zero-order valence-electron chi connectivity index (χ0n) is 21.0. The van der Waals surface area contributed by atoms with Gasteiger partial charge >= 0.3 is 6.09 Å². The highest BCUT2D eigenvalue weighted by Crippen LogP contribution is 2.46. The molecule has 1 fully saturated rings. The van der Waals surface area contributed by atoms with E-state index in [0.29, 0.717) is 44.3 Å². The van der Waals surface area contributed by atoms with Gasteiger partial charge in [0.1, 0.15) is 5.00 Å². The maximum atomic E-state index is 12.3. The normalized spacial score (nSPS) is 16.9. The molecule has 8 nitrogen and oxygen atoms in total. The van der Waals surface area contributed by atoms with Crippen LogP contribution in [-0.2, 0) is 22.4 Å². The number of hydrogen-bond acceptors (Lipinski definition) is 7. The van der Waals surface area contributed by atoms with E-state index in [1.807, 2.05) is 19.1 Å². The number of nitrogens with zero attached hydrogens (tertiary/aromatic N) is 2. The molecule has 2 amide bonds. The molecule has 4 rings (SSSR count). The van der Waals surface area contributed by atoms with Crippen molar-refractivity contribution in [1.82, 2.24) is 9.80 Å². The van der Waals surface area contributed by atoms with Crippen LogP contribution in [0.25, 0.3) is 0 Å². The summed E-state index contributed by atoms with van der Waals surface area (Å²) in [5.41, 5.74) is 3.61. The average Bonchev–Trinajstić information content (AvgIpc) is 3.21. The molecule has 1 aromatic heterocycles. The van der Waals surface area contributed by atoms with Gasteiger partial charge in [0.15, 0.2) is 11.5 Å². The molecular weight excluding hydrogens is 466 g/mol. The quantitative estimate of drug-likeness (QED) is 0.603. The van der Waals surface area contributed by atoms with Crippen LogP contribution in [0.15, 0.2) is 18.2 Å². The zero-order valence-corrected chi connectivity index (χ0v) is 21.8. The molecule has 2 heterocycles. The van der Waals surface area contributed by atoms with Gasteiger partial charge in [0.05, 0.1) is 26.9 Å². The van der Waals surface area contributed by atoms with Crippen LogP contribution in [0.2, 0.25) is 0 Å². The van der Waals surface area contributed by atoms with Gasteiger partial charge in [0, 0.05) is 43.5 Å². The van der Waals surface area contributed by atoms with E-state index in [4.69, 9.17) is 14.2 Å². The number of aryl methyl sites for hydroxylation is 1. The highest BCUT2D eigenvalue weighted by molar-refractivity contribution is 7.16. The number of fused-ring (bicyclic) bond motifs is 1. The van der Waals surface area contributed by atoms with Crippen molar-refractivity contribution in [3.8, 4) is 11.5 Å². The molecule has 1 aliphatic carbocycles. The Balaban J connectivity index is 1.77. The number of anilines is 1. The fraction of sp³-hybridized carbons (Fsp3) is 0.538. The Morgan fingerprint density at radius 1 is 1.06 bits per heavy atom. The summed E-state index contributed by atoms with van der Waals surface area (Å²) in [5.74, 6) is 1.28. The molecule has 1 aromatic carbocycles. The van der Waals surface area contributed by atoms with Crippen LogP contribution in [0.1, 0.15) is 54.3 Å². The average molecular weight is 502 g/mol. The summed E-state index contributed by atoms with van der Waals surface area (Å²) in [6.07, 6.45) is 4.11. The number of amides is 2. The van der Waals surface area contributed by atoms with Crippen molar-refractivity contribution in [3.05, 3.63) is 39.8 Å². The van der Waals surface area contributed by atoms with E-state index < -0.39 is 0 Å². The zero-order chi connectivity index (χ0) is 24.9. The lowest BCUT2D eigenvalue weighted by molar-refractivity contribution is -0.114. The Morgan fingerprint density at radius 2 is 1.77 bits per heavy atom. The van der Waals surface area contributed by atoms with E-state index in [9.17, 15) is 9.59 Å². The van der Waals surface area contributed by atoms with Gasteiger partial charge in [-0.1, -0.05) is 6.07 Å². The molecule has 0 radical (unpaired) electrons. The number of ether oxygens (including phenoxy) is 3. The Labute approximate surface area is 211 Å². The number of hydrogen-bond donors (Lipinski definition) is 1. The Hall–Kier alpha value is -2.78. The molecule has 1 N–H and O–H groups in total. The van der Waals surface area contributed by atoms with Gasteiger partial charge < -0.3 is 24.4 Å². The van der Waals surface area contributed by atoms with Crippen molar-refractivity contribution in [3.63, 3.8) is 0 Å². The molecule has 2 aromatic rings. The van der Waals surface area contributed by atoms with Crippen molar-refractivity contribution < 1.29 is 23.8 Å². The molecule has 1 unspecified atom stereocenters. The van der Waals surface area contributed by atoms with Crippen molar-refractivity contribution in [2.45, 2.75) is 45.6 Å². The molecule has 190 valence electrons. The fourth-order valence-corrected chi connectivity index (χ4v) is 6.46. The number of benzene rings is 1. The lowest BCUT2D eigenvalue weighted by atomic mass is 9.88. The molecule has 0 bridgehead atoms. The molecule has 35 heavy (non-hydrogen) atoms. The van der Waals surface area contributed by atoms with Crippen LogP contribution in [0, 0.1) is 0 Å². The third-order valence-corrected chi connectivity index (χ3v) is 7.93. The smallest absolute Gasteiger partial charge is 0.409 e. The standard InChI is InChI=1S/C26H35N3O5S/c1-5-34-26(31)29-14-12-28(13-15-29)24(18-10-11-20(32-3)21(16-18)33-4)23-19-8-6-7-9-22(19)35-25(23)27-17(2)30/h10-11,16,24H,5-9,12-15H2,1-4H3,(H,27,30). The van der Waals surface area contributed by atoms with Crippen LogP contribution in [0.5, 0.6) is 11.5 Å². The second-order valence-electron chi connectivity index (χ2n) is 8.87. The first kappa shape index (κ1) is 25.3.